The van der Waals surface area contributed by atoms with Crippen LogP contribution in [0.15, 0.2) is 0 Å². The molecule has 1 aliphatic heterocycles. The number of hydrogen-bond donors (Lipinski definition) is 1. The Morgan fingerprint density at radius 3 is 2.53 bits per heavy atom. The number of carbonyl (C=O) groups excluding carboxylic acids is 1. The summed E-state index contributed by atoms with van der Waals surface area (Å²) in [6.45, 7) is 7.58. The number of ether oxygens (including phenoxy) is 3. The normalized spacial score (nSPS) is 54.8. The molecule has 5 nitrogen and oxygen atoms in total. The van der Waals surface area contributed by atoms with Crippen LogP contribution in [0.2, 0.25) is 0 Å². The summed E-state index contributed by atoms with van der Waals surface area (Å²) < 4.78 is 16.4. The lowest BCUT2D eigenvalue weighted by Crippen LogP contribution is -2.54. The summed E-state index contributed by atoms with van der Waals surface area (Å²) in [5.41, 5.74) is 1.51. The molecule has 1 N–H and O–H groups in total. The second-order valence-corrected chi connectivity index (χ2v) is 13.2. The van der Waals surface area contributed by atoms with Crippen molar-refractivity contribution in [3.05, 3.63) is 0 Å². The Morgan fingerprint density at radius 2 is 1.75 bits per heavy atom. The standard InChI is InChI=1S/C27H42O5/c1-24(2)21-8-7-17-19-13-20-18(6-5-16(32-20)14-31-23(29)30-4)25(19,3)11-12-26(17)15-27(21,26)10-9-22(24)28/h16-22,28H,5-15H2,1-4H3. The molecule has 0 amide bonds. The fraction of sp³-hybridized carbons (Fsp3) is 0.963. The van der Waals surface area contributed by atoms with E-state index in [0.717, 1.165) is 24.7 Å². The smallest absolute Gasteiger partial charge is 0.438 e. The summed E-state index contributed by atoms with van der Waals surface area (Å²) in [5, 5.41) is 10.8. The molecule has 0 aromatic rings. The number of aliphatic hydroxyl groups is 1. The van der Waals surface area contributed by atoms with Gasteiger partial charge in [-0.3, -0.25) is 0 Å². The number of methoxy groups -OCH3 is 1. The van der Waals surface area contributed by atoms with E-state index in [-0.39, 0.29) is 17.6 Å². The van der Waals surface area contributed by atoms with E-state index in [1.165, 1.54) is 58.5 Å². The van der Waals surface area contributed by atoms with Gasteiger partial charge in [0, 0.05) is 0 Å². The van der Waals surface area contributed by atoms with E-state index in [1.54, 1.807) is 0 Å². The van der Waals surface area contributed by atoms with Crippen molar-refractivity contribution < 1.29 is 24.1 Å². The quantitative estimate of drug-likeness (QED) is 0.580. The van der Waals surface area contributed by atoms with Gasteiger partial charge >= 0.3 is 6.16 Å². The molecule has 180 valence electrons. The Morgan fingerprint density at radius 1 is 0.969 bits per heavy atom. The van der Waals surface area contributed by atoms with Gasteiger partial charge in [0.1, 0.15) is 6.61 Å². The number of rotatable bonds is 2. The lowest BCUT2D eigenvalue weighted by Gasteiger charge is -2.59. The Balaban J connectivity index is 1.21. The van der Waals surface area contributed by atoms with Gasteiger partial charge < -0.3 is 19.3 Å². The minimum Gasteiger partial charge on any atom is -0.438 e. The molecule has 2 spiro atoms. The van der Waals surface area contributed by atoms with Crippen molar-refractivity contribution in [1.29, 1.82) is 0 Å². The van der Waals surface area contributed by atoms with Crippen LogP contribution < -0.4 is 0 Å². The van der Waals surface area contributed by atoms with Crippen molar-refractivity contribution in [2.75, 3.05) is 13.7 Å². The van der Waals surface area contributed by atoms with Crippen LogP contribution in [0.1, 0.15) is 85.0 Å². The van der Waals surface area contributed by atoms with Gasteiger partial charge in [-0.25, -0.2) is 4.79 Å². The molecule has 0 aromatic carbocycles. The molecule has 6 fully saturated rings. The summed E-state index contributed by atoms with van der Waals surface area (Å²) in [6.07, 6.45) is 12.0. The number of aliphatic hydroxyl groups excluding tert-OH is 1. The van der Waals surface area contributed by atoms with Gasteiger partial charge in [0.15, 0.2) is 0 Å². The third kappa shape index (κ3) is 2.61. The monoisotopic (exact) mass is 446 g/mol. The summed E-state index contributed by atoms with van der Waals surface area (Å²) in [5.74, 6) is 2.94. The largest absolute Gasteiger partial charge is 0.508 e. The molecule has 6 aliphatic rings. The van der Waals surface area contributed by atoms with Crippen molar-refractivity contribution in [2.24, 2.45) is 45.3 Å². The number of carbonyl (C=O) groups is 1. The minimum absolute atomic E-state index is 0.0108. The third-order valence-electron chi connectivity index (χ3n) is 12.2. The first-order valence-electron chi connectivity index (χ1n) is 13.2. The fourth-order valence-electron chi connectivity index (χ4n) is 10.7. The molecule has 10 unspecified atom stereocenters. The molecule has 1 heterocycles. The van der Waals surface area contributed by atoms with Crippen LogP contribution in [0, 0.1) is 45.3 Å². The zero-order valence-electron chi connectivity index (χ0n) is 20.4. The van der Waals surface area contributed by atoms with Crippen LogP contribution in [-0.2, 0) is 14.2 Å². The molecule has 1 saturated heterocycles. The van der Waals surface area contributed by atoms with Gasteiger partial charge in [-0.2, -0.15) is 0 Å². The summed E-state index contributed by atoms with van der Waals surface area (Å²) in [4.78, 5) is 11.4. The number of fused-ring (bicyclic) bond motifs is 4. The second-order valence-electron chi connectivity index (χ2n) is 13.2. The van der Waals surface area contributed by atoms with Crippen molar-refractivity contribution in [3.8, 4) is 0 Å². The highest BCUT2D eigenvalue weighted by Crippen LogP contribution is 2.87. The van der Waals surface area contributed by atoms with Crippen LogP contribution >= 0.6 is 0 Å². The predicted octanol–water partition coefficient (Wildman–Crippen LogP) is 5.34. The summed E-state index contributed by atoms with van der Waals surface area (Å²) in [7, 11) is 1.35. The maximum atomic E-state index is 11.4. The molecule has 5 heteroatoms. The van der Waals surface area contributed by atoms with Crippen molar-refractivity contribution in [3.63, 3.8) is 0 Å². The van der Waals surface area contributed by atoms with Gasteiger partial charge in [-0.05, 0) is 110 Å². The van der Waals surface area contributed by atoms with Gasteiger partial charge in [0.05, 0.1) is 25.4 Å². The lowest BCUT2D eigenvalue weighted by atomic mass is 9.46. The van der Waals surface area contributed by atoms with E-state index >= 15 is 0 Å². The first kappa shape index (κ1) is 21.7. The van der Waals surface area contributed by atoms with E-state index in [2.05, 4.69) is 25.5 Å². The van der Waals surface area contributed by atoms with Crippen molar-refractivity contribution in [1.82, 2.24) is 0 Å². The maximum absolute atomic E-state index is 11.4. The van der Waals surface area contributed by atoms with Crippen LogP contribution in [0.4, 0.5) is 4.79 Å². The first-order chi connectivity index (χ1) is 15.2. The van der Waals surface area contributed by atoms with Gasteiger partial charge in [-0.15, -0.1) is 0 Å². The maximum Gasteiger partial charge on any atom is 0.508 e. The zero-order valence-corrected chi connectivity index (χ0v) is 20.4. The highest BCUT2D eigenvalue weighted by molar-refractivity contribution is 5.59. The SMILES string of the molecule is COC(=O)OCC1CCC2C(CC3C4CCC5C(C)(C)C(O)CCC56CC46CCC23C)O1. The molecule has 0 bridgehead atoms. The number of hydrogen-bond acceptors (Lipinski definition) is 5. The van der Waals surface area contributed by atoms with Crippen molar-refractivity contribution in [2.45, 2.75) is 103 Å². The highest BCUT2D eigenvalue weighted by atomic mass is 16.7. The van der Waals surface area contributed by atoms with E-state index in [4.69, 9.17) is 9.47 Å². The van der Waals surface area contributed by atoms with Crippen molar-refractivity contribution >= 4 is 6.16 Å². The second kappa shape index (κ2) is 6.87. The van der Waals surface area contributed by atoms with E-state index in [0.29, 0.717) is 40.8 Å². The summed E-state index contributed by atoms with van der Waals surface area (Å²) >= 11 is 0. The molecule has 0 radical (unpaired) electrons. The summed E-state index contributed by atoms with van der Waals surface area (Å²) in [6, 6.07) is 0. The van der Waals surface area contributed by atoms with Crippen LogP contribution in [0.3, 0.4) is 0 Å². The molecule has 6 rings (SSSR count). The molecular formula is C27H42O5. The molecule has 0 aromatic heterocycles. The Hall–Kier alpha value is -0.810. The fourth-order valence-corrected chi connectivity index (χ4v) is 10.7. The Bertz CT molecular complexity index is 795. The molecule has 5 saturated carbocycles. The zero-order chi connectivity index (χ0) is 22.5. The topological polar surface area (TPSA) is 65.0 Å². The van der Waals surface area contributed by atoms with Crippen LogP contribution in [-0.4, -0.2) is 43.3 Å². The average Bonchev–Trinajstić information content (AvgIpc) is 3.35. The average molecular weight is 447 g/mol. The molecule has 5 aliphatic carbocycles. The third-order valence-corrected chi connectivity index (χ3v) is 12.2. The minimum atomic E-state index is -0.610. The van der Waals surface area contributed by atoms with Gasteiger partial charge in [-0.1, -0.05) is 20.8 Å². The lowest BCUT2D eigenvalue weighted by molar-refractivity contribution is -0.136. The van der Waals surface area contributed by atoms with Crippen LogP contribution in [0.25, 0.3) is 0 Å². The van der Waals surface area contributed by atoms with E-state index in [1.807, 2.05) is 0 Å². The molecule has 32 heavy (non-hydrogen) atoms. The Labute approximate surface area is 192 Å². The Kier molecular flexibility index (Phi) is 4.66. The highest BCUT2D eigenvalue weighted by Gasteiger charge is 2.80. The van der Waals surface area contributed by atoms with Gasteiger partial charge in [0.2, 0.25) is 0 Å². The van der Waals surface area contributed by atoms with Crippen LogP contribution in [0.5, 0.6) is 0 Å². The molecule has 10 atom stereocenters. The van der Waals surface area contributed by atoms with E-state index < -0.39 is 6.16 Å². The molecular weight excluding hydrogens is 404 g/mol. The van der Waals surface area contributed by atoms with Gasteiger partial charge in [0.25, 0.3) is 0 Å². The van der Waals surface area contributed by atoms with E-state index in [9.17, 15) is 9.90 Å². The first-order valence-corrected chi connectivity index (χ1v) is 13.2. The predicted molar refractivity (Wildman–Crippen MR) is 120 cm³/mol.